The monoisotopic (exact) mass is 296 g/mol. The second-order valence-corrected chi connectivity index (χ2v) is 5.95. The molecule has 1 saturated carbocycles. The molecule has 1 aliphatic heterocycles. The number of hydrogen-bond acceptors (Lipinski definition) is 2. The van der Waals surface area contributed by atoms with Crippen LogP contribution in [-0.4, -0.2) is 37.0 Å². The zero-order chi connectivity index (χ0) is 14.1. The second-order valence-electron chi connectivity index (χ2n) is 5.54. The number of piperazine rings is 1. The first kappa shape index (κ1) is 13.7. The molecule has 3 rings (SSSR count). The Kier molecular flexibility index (Phi) is 3.83. The summed E-state index contributed by atoms with van der Waals surface area (Å²) in [5, 5.41) is 0.149. The van der Waals surface area contributed by atoms with Gasteiger partial charge < -0.3 is 9.80 Å². The lowest BCUT2D eigenvalue weighted by Gasteiger charge is -2.39. The smallest absolute Gasteiger partial charge is 0.225 e. The van der Waals surface area contributed by atoms with Crippen LogP contribution >= 0.6 is 11.6 Å². The summed E-state index contributed by atoms with van der Waals surface area (Å²) in [7, 11) is 0. The molecule has 1 amide bonds. The number of anilines is 1. The van der Waals surface area contributed by atoms with Gasteiger partial charge >= 0.3 is 0 Å². The molecule has 0 aromatic heterocycles. The summed E-state index contributed by atoms with van der Waals surface area (Å²) < 4.78 is 13.2. The van der Waals surface area contributed by atoms with Gasteiger partial charge in [-0.15, -0.1) is 0 Å². The van der Waals surface area contributed by atoms with Crippen molar-refractivity contribution < 1.29 is 9.18 Å². The summed E-state index contributed by atoms with van der Waals surface area (Å²) >= 11 is 5.81. The fraction of sp³-hybridized carbons (Fsp3) is 0.533. The average molecular weight is 297 g/mol. The number of halogens is 2. The summed E-state index contributed by atoms with van der Waals surface area (Å²) in [6, 6.07) is 4.79. The van der Waals surface area contributed by atoms with E-state index in [9.17, 15) is 9.18 Å². The lowest BCUT2D eigenvalue weighted by Crippen LogP contribution is -2.51. The molecule has 108 valence electrons. The van der Waals surface area contributed by atoms with Gasteiger partial charge in [-0.3, -0.25) is 4.79 Å². The van der Waals surface area contributed by atoms with Gasteiger partial charge in [-0.1, -0.05) is 18.0 Å². The Balaban J connectivity index is 1.60. The molecule has 0 atom stereocenters. The van der Waals surface area contributed by atoms with Gasteiger partial charge in [0.05, 0.1) is 5.02 Å². The molecule has 2 fully saturated rings. The summed E-state index contributed by atoms with van der Waals surface area (Å²) in [5.74, 6) is 0.184. The molecule has 2 aliphatic rings. The molecule has 3 nitrogen and oxygen atoms in total. The Labute approximate surface area is 123 Å². The molecule has 0 unspecified atom stereocenters. The molecule has 0 N–H and O–H groups in total. The van der Waals surface area contributed by atoms with Crippen molar-refractivity contribution >= 4 is 23.2 Å². The average Bonchev–Trinajstić information content (AvgIpc) is 2.40. The summed E-state index contributed by atoms with van der Waals surface area (Å²) in [6.07, 6.45) is 3.28. The van der Waals surface area contributed by atoms with Gasteiger partial charge in [0.1, 0.15) is 5.82 Å². The van der Waals surface area contributed by atoms with Crippen molar-refractivity contribution in [2.75, 3.05) is 31.1 Å². The highest BCUT2D eigenvalue weighted by atomic mass is 35.5. The standard InChI is InChI=1S/C15H18ClFN2O/c16-13-10-12(4-5-14(13)17)18-6-8-19(9-7-18)15(20)11-2-1-3-11/h4-5,10-11H,1-3,6-9H2. The minimum absolute atomic E-state index is 0.149. The quantitative estimate of drug-likeness (QED) is 0.838. The Morgan fingerprint density at radius 1 is 1.20 bits per heavy atom. The van der Waals surface area contributed by atoms with Crippen LogP contribution in [0, 0.1) is 11.7 Å². The van der Waals surface area contributed by atoms with Gasteiger partial charge in [0, 0.05) is 37.8 Å². The van der Waals surface area contributed by atoms with Crippen LogP contribution in [0.4, 0.5) is 10.1 Å². The summed E-state index contributed by atoms with van der Waals surface area (Å²) in [6.45, 7) is 3.04. The van der Waals surface area contributed by atoms with Crippen LogP contribution in [0.2, 0.25) is 5.02 Å². The molecule has 1 saturated heterocycles. The van der Waals surface area contributed by atoms with Crippen LogP contribution in [0.15, 0.2) is 18.2 Å². The van der Waals surface area contributed by atoms with E-state index in [2.05, 4.69) is 4.90 Å². The number of benzene rings is 1. The highest BCUT2D eigenvalue weighted by molar-refractivity contribution is 6.31. The van der Waals surface area contributed by atoms with Crippen LogP contribution in [0.1, 0.15) is 19.3 Å². The van der Waals surface area contributed by atoms with E-state index in [0.717, 1.165) is 44.7 Å². The number of carbonyl (C=O) groups is 1. The van der Waals surface area contributed by atoms with Crippen molar-refractivity contribution in [2.45, 2.75) is 19.3 Å². The molecule has 0 bridgehead atoms. The van der Waals surface area contributed by atoms with Crippen LogP contribution in [0.25, 0.3) is 0 Å². The number of carbonyl (C=O) groups excluding carboxylic acids is 1. The Morgan fingerprint density at radius 2 is 1.90 bits per heavy atom. The molecule has 1 aromatic rings. The van der Waals surface area contributed by atoms with Crippen LogP contribution in [0.3, 0.4) is 0 Å². The minimum atomic E-state index is -0.394. The molecule has 1 aliphatic carbocycles. The molecule has 0 radical (unpaired) electrons. The van der Waals surface area contributed by atoms with E-state index in [1.54, 1.807) is 12.1 Å². The van der Waals surface area contributed by atoms with E-state index < -0.39 is 5.82 Å². The molecule has 1 aromatic carbocycles. The fourth-order valence-electron chi connectivity index (χ4n) is 2.78. The van der Waals surface area contributed by atoms with E-state index in [1.807, 2.05) is 4.90 Å². The fourth-order valence-corrected chi connectivity index (χ4v) is 2.95. The SMILES string of the molecule is O=C(C1CCC1)N1CCN(c2ccc(F)c(Cl)c2)CC1. The van der Waals surface area contributed by atoms with Gasteiger partial charge in [0.25, 0.3) is 0 Å². The summed E-state index contributed by atoms with van der Waals surface area (Å²) in [4.78, 5) is 16.3. The molecule has 0 spiro atoms. The largest absolute Gasteiger partial charge is 0.368 e. The van der Waals surface area contributed by atoms with E-state index in [0.29, 0.717) is 5.91 Å². The predicted octanol–water partition coefficient (Wildman–Crippen LogP) is 2.93. The topological polar surface area (TPSA) is 23.6 Å². The van der Waals surface area contributed by atoms with E-state index >= 15 is 0 Å². The predicted molar refractivity (Wildman–Crippen MR) is 77.5 cm³/mol. The highest BCUT2D eigenvalue weighted by Crippen LogP contribution is 2.29. The third-order valence-electron chi connectivity index (χ3n) is 4.31. The van der Waals surface area contributed by atoms with Gasteiger partial charge in [0.2, 0.25) is 5.91 Å². The van der Waals surface area contributed by atoms with Crippen molar-refractivity contribution in [2.24, 2.45) is 5.92 Å². The normalized spacial score (nSPS) is 19.9. The number of amides is 1. The lowest BCUT2D eigenvalue weighted by atomic mass is 9.84. The highest BCUT2D eigenvalue weighted by Gasteiger charge is 2.31. The van der Waals surface area contributed by atoms with Gasteiger partial charge in [-0.05, 0) is 31.0 Å². The Bertz CT molecular complexity index is 511. The maximum atomic E-state index is 13.2. The molecule has 1 heterocycles. The first-order chi connectivity index (χ1) is 9.65. The lowest BCUT2D eigenvalue weighted by molar-refractivity contribution is -0.138. The van der Waals surface area contributed by atoms with Gasteiger partial charge in [-0.25, -0.2) is 4.39 Å². The van der Waals surface area contributed by atoms with Crippen molar-refractivity contribution in [1.82, 2.24) is 4.90 Å². The third-order valence-corrected chi connectivity index (χ3v) is 4.60. The molecular weight excluding hydrogens is 279 g/mol. The van der Waals surface area contributed by atoms with Gasteiger partial charge in [0.15, 0.2) is 0 Å². The maximum Gasteiger partial charge on any atom is 0.225 e. The zero-order valence-corrected chi connectivity index (χ0v) is 12.1. The summed E-state index contributed by atoms with van der Waals surface area (Å²) in [5.41, 5.74) is 0.923. The van der Waals surface area contributed by atoms with Gasteiger partial charge in [-0.2, -0.15) is 0 Å². The first-order valence-electron chi connectivity index (χ1n) is 7.14. The van der Waals surface area contributed by atoms with E-state index in [1.165, 1.54) is 12.5 Å². The molecular formula is C15H18ClFN2O. The third kappa shape index (κ3) is 2.62. The number of rotatable bonds is 2. The van der Waals surface area contributed by atoms with Crippen LogP contribution in [0.5, 0.6) is 0 Å². The number of hydrogen-bond donors (Lipinski definition) is 0. The number of nitrogens with zero attached hydrogens (tertiary/aromatic N) is 2. The van der Waals surface area contributed by atoms with Crippen molar-refractivity contribution in [3.63, 3.8) is 0 Å². The Hall–Kier alpha value is -1.29. The van der Waals surface area contributed by atoms with E-state index in [4.69, 9.17) is 11.6 Å². The van der Waals surface area contributed by atoms with Crippen molar-refractivity contribution in [1.29, 1.82) is 0 Å². The van der Waals surface area contributed by atoms with Crippen molar-refractivity contribution in [3.8, 4) is 0 Å². The minimum Gasteiger partial charge on any atom is -0.368 e. The van der Waals surface area contributed by atoms with Crippen LogP contribution < -0.4 is 4.90 Å². The van der Waals surface area contributed by atoms with Crippen molar-refractivity contribution in [3.05, 3.63) is 29.0 Å². The zero-order valence-electron chi connectivity index (χ0n) is 11.3. The molecule has 20 heavy (non-hydrogen) atoms. The first-order valence-corrected chi connectivity index (χ1v) is 7.52. The Morgan fingerprint density at radius 3 is 2.45 bits per heavy atom. The van der Waals surface area contributed by atoms with Crippen LogP contribution in [-0.2, 0) is 4.79 Å². The second kappa shape index (κ2) is 5.60. The molecule has 5 heteroatoms. The maximum absolute atomic E-state index is 13.2. The van der Waals surface area contributed by atoms with E-state index in [-0.39, 0.29) is 10.9 Å².